The molecule has 2 aromatic carbocycles. The lowest BCUT2D eigenvalue weighted by atomic mass is 10.1. The van der Waals surface area contributed by atoms with E-state index in [1.54, 1.807) is 18.3 Å². The third-order valence-electron chi connectivity index (χ3n) is 4.85. The van der Waals surface area contributed by atoms with Crippen LogP contribution in [0.4, 0.5) is 10.8 Å². The summed E-state index contributed by atoms with van der Waals surface area (Å²) in [6.45, 7) is 8.03. The van der Waals surface area contributed by atoms with Gasteiger partial charge in [-0.3, -0.25) is 4.79 Å². The van der Waals surface area contributed by atoms with E-state index >= 15 is 0 Å². The second-order valence-electron chi connectivity index (χ2n) is 6.64. The van der Waals surface area contributed by atoms with Gasteiger partial charge >= 0.3 is 0 Å². The van der Waals surface area contributed by atoms with E-state index in [4.69, 9.17) is 9.72 Å². The van der Waals surface area contributed by atoms with Crippen molar-refractivity contribution >= 4 is 38.2 Å². The maximum Gasteiger partial charge on any atom is 0.186 e. The summed E-state index contributed by atoms with van der Waals surface area (Å²) in [5.41, 5.74) is 2.96. The number of ether oxygens (including phenoxy) is 1. The fraction of sp³-hybridized carbons (Fsp3) is 0.333. The molecule has 0 unspecified atom stereocenters. The maximum absolute atomic E-state index is 11.4. The fourth-order valence-electron chi connectivity index (χ4n) is 3.35. The molecule has 6 heteroatoms. The highest BCUT2D eigenvalue weighted by atomic mass is 32.1. The van der Waals surface area contributed by atoms with Gasteiger partial charge in [0.25, 0.3) is 0 Å². The predicted molar refractivity (Wildman–Crippen MR) is 112 cm³/mol. The van der Waals surface area contributed by atoms with Gasteiger partial charge in [0.2, 0.25) is 0 Å². The number of fused-ring (bicyclic) bond motifs is 1. The molecule has 27 heavy (non-hydrogen) atoms. The summed E-state index contributed by atoms with van der Waals surface area (Å²) in [4.78, 5) is 20.9. The molecule has 1 aliphatic rings. The van der Waals surface area contributed by atoms with Crippen LogP contribution >= 0.6 is 11.3 Å². The largest absolute Gasteiger partial charge is 0.494 e. The molecule has 0 saturated carbocycles. The first-order valence-corrected chi connectivity index (χ1v) is 10.1. The zero-order chi connectivity index (χ0) is 18.8. The number of hydrogen-bond donors (Lipinski definition) is 0. The molecule has 0 radical (unpaired) electrons. The number of hydrogen-bond acceptors (Lipinski definition) is 6. The van der Waals surface area contributed by atoms with Crippen LogP contribution in [0.1, 0.15) is 24.2 Å². The predicted octanol–water partition coefficient (Wildman–Crippen LogP) is 4.22. The van der Waals surface area contributed by atoms with Gasteiger partial charge in [-0.25, -0.2) is 4.98 Å². The number of ketones is 1. The monoisotopic (exact) mass is 381 g/mol. The molecule has 1 aromatic heterocycles. The lowest BCUT2D eigenvalue weighted by Gasteiger charge is -2.36. The molecule has 1 aliphatic heterocycles. The van der Waals surface area contributed by atoms with E-state index in [0.717, 1.165) is 48.1 Å². The summed E-state index contributed by atoms with van der Waals surface area (Å²) in [7, 11) is 0. The molecule has 0 spiro atoms. The van der Waals surface area contributed by atoms with E-state index in [1.807, 2.05) is 43.3 Å². The van der Waals surface area contributed by atoms with Gasteiger partial charge in [-0.05, 0) is 56.3 Å². The molecule has 1 saturated heterocycles. The van der Waals surface area contributed by atoms with Crippen molar-refractivity contribution in [1.29, 1.82) is 0 Å². The number of anilines is 2. The molecule has 0 N–H and O–H groups in total. The Balaban J connectivity index is 1.44. The van der Waals surface area contributed by atoms with Crippen LogP contribution < -0.4 is 14.5 Å². The van der Waals surface area contributed by atoms with Crippen molar-refractivity contribution in [3.8, 4) is 5.75 Å². The number of aromatic nitrogens is 1. The molecule has 0 aliphatic carbocycles. The molecular weight excluding hydrogens is 358 g/mol. The number of rotatable bonds is 5. The van der Waals surface area contributed by atoms with Crippen molar-refractivity contribution in [1.82, 2.24) is 4.98 Å². The van der Waals surface area contributed by atoms with Gasteiger partial charge in [-0.2, -0.15) is 0 Å². The van der Waals surface area contributed by atoms with Gasteiger partial charge in [-0.1, -0.05) is 11.3 Å². The van der Waals surface area contributed by atoms with Crippen LogP contribution in [0.2, 0.25) is 0 Å². The molecule has 140 valence electrons. The second-order valence-corrected chi connectivity index (χ2v) is 7.65. The van der Waals surface area contributed by atoms with Crippen LogP contribution in [0.25, 0.3) is 10.2 Å². The van der Waals surface area contributed by atoms with Crippen LogP contribution in [-0.2, 0) is 0 Å². The molecule has 5 nitrogen and oxygen atoms in total. The smallest absolute Gasteiger partial charge is 0.186 e. The van der Waals surface area contributed by atoms with Gasteiger partial charge in [0, 0.05) is 37.4 Å². The summed E-state index contributed by atoms with van der Waals surface area (Å²) in [6, 6.07) is 14.0. The van der Waals surface area contributed by atoms with Crippen LogP contribution in [-0.4, -0.2) is 43.6 Å². The number of carbonyl (C=O) groups is 1. The Morgan fingerprint density at radius 1 is 1.07 bits per heavy atom. The Hall–Kier alpha value is -2.60. The van der Waals surface area contributed by atoms with E-state index in [0.29, 0.717) is 6.61 Å². The minimum atomic E-state index is 0.106. The van der Waals surface area contributed by atoms with Crippen molar-refractivity contribution in [2.45, 2.75) is 13.8 Å². The maximum atomic E-state index is 11.4. The quantitative estimate of drug-likeness (QED) is 0.619. The SMILES string of the molecule is CCOc1ccc2nc(N3CCN(c4ccc(C(C)=O)cc4)CC3)sc2c1. The lowest BCUT2D eigenvalue weighted by Crippen LogP contribution is -2.46. The summed E-state index contributed by atoms with van der Waals surface area (Å²) in [5, 5.41) is 1.07. The van der Waals surface area contributed by atoms with Crippen molar-refractivity contribution in [3.63, 3.8) is 0 Å². The van der Waals surface area contributed by atoms with Gasteiger partial charge in [0.05, 0.1) is 16.8 Å². The highest BCUT2D eigenvalue weighted by Gasteiger charge is 2.20. The highest BCUT2D eigenvalue weighted by molar-refractivity contribution is 7.22. The average Bonchev–Trinajstić information content (AvgIpc) is 3.12. The number of benzene rings is 2. The zero-order valence-electron chi connectivity index (χ0n) is 15.6. The highest BCUT2D eigenvalue weighted by Crippen LogP contribution is 2.32. The lowest BCUT2D eigenvalue weighted by molar-refractivity contribution is 0.101. The third-order valence-corrected chi connectivity index (χ3v) is 5.93. The second kappa shape index (κ2) is 7.56. The first kappa shape index (κ1) is 17.8. The number of thiazole rings is 1. The molecule has 3 aromatic rings. The first-order valence-electron chi connectivity index (χ1n) is 9.28. The van der Waals surface area contributed by atoms with Gasteiger partial charge in [0.1, 0.15) is 5.75 Å². The van der Waals surface area contributed by atoms with Crippen molar-refractivity contribution < 1.29 is 9.53 Å². The van der Waals surface area contributed by atoms with Crippen LogP contribution in [0.3, 0.4) is 0 Å². The van der Waals surface area contributed by atoms with Gasteiger partial charge in [-0.15, -0.1) is 0 Å². The summed E-state index contributed by atoms with van der Waals surface area (Å²) >= 11 is 1.72. The Morgan fingerprint density at radius 3 is 2.44 bits per heavy atom. The molecule has 0 atom stereocenters. The number of carbonyl (C=O) groups excluding carboxylic acids is 1. The van der Waals surface area contributed by atoms with Crippen LogP contribution in [0, 0.1) is 0 Å². The number of Topliss-reactive ketones (excluding diaryl/α,β-unsaturated/α-hetero) is 1. The van der Waals surface area contributed by atoms with Crippen molar-refractivity contribution in [2.75, 3.05) is 42.6 Å². The topological polar surface area (TPSA) is 45.7 Å². The van der Waals surface area contributed by atoms with E-state index in [-0.39, 0.29) is 5.78 Å². The third kappa shape index (κ3) is 3.76. The summed E-state index contributed by atoms with van der Waals surface area (Å²) in [5.74, 6) is 1.01. The minimum absolute atomic E-state index is 0.106. The van der Waals surface area contributed by atoms with E-state index in [2.05, 4.69) is 15.9 Å². The summed E-state index contributed by atoms with van der Waals surface area (Å²) < 4.78 is 6.76. The minimum Gasteiger partial charge on any atom is -0.494 e. The average molecular weight is 382 g/mol. The molecular formula is C21H23N3O2S. The van der Waals surface area contributed by atoms with Crippen molar-refractivity contribution in [3.05, 3.63) is 48.0 Å². The molecule has 0 bridgehead atoms. The Labute approximate surface area is 163 Å². The zero-order valence-corrected chi connectivity index (χ0v) is 16.5. The molecule has 2 heterocycles. The van der Waals surface area contributed by atoms with Gasteiger partial charge in [0.15, 0.2) is 10.9 Å². The summed E-state index contributed by atoms with van der Waals surface area (Å²) in [6.07, 6.45) is 0. The van der Waals surface area contributed by atoms with E-state index < -0.39 is 0 Å². The first-order chi connectivity index (χ1) is 13.1. The molecule has 0 amide bonds. The normalized spacial score (nSPS) is 14.6. The Morgan fingerprint density at radius 2 is 1.78 bits per heavy atom. The van der Waals surface area contributed by atoms with Crippen molar-refractivity contribution in [2.24, 2.45) is 0 Å². The molecule has 1 fully saturated rings. The number of nitrogens with zero attached hydrogens (tertiary/aromatic N) is 3. The van der Waals surface area contributed by atoms with E-state index in [1.165, 1.54) is 10.4 Å². The Bertz CT molecular complexity index is 944. The van der Waals surface area contributed by atoms with Crippen LogP contribution in [0.5, 0.6) is 5.75 Å². The van der Waals surface area contributed by atoms with Crippen LogP contribution in [0.15, 0.2) is 42.5 Å². The molecule has 4 rings (SSSR count). The number of piperazine rings is 1. The Kier molecular flexibility index (Phi) is 4.99. The fourth-order valence-corrected chi connectivity index (χ4v) is 4.39. The standard InChI is InChI=1S/C21H23N3O2S/c1-3-26-18-8-9-19-20(14-18)27-21(22-19)24-12-10-23(11-13-24)17-6-4-16(5-7-17)15(2)25/h4-9,14H,3,10-13H2,1-2H3. The van der Waals surface area contributed by atoms with Gasteiger partial charge < -0.3 is 14.5 Å². The van der Waals surface area contributed by atoms with E-state index in [9.17, 15) is 4.79 Å².